The molecule has 0 radical (unpaired) electrons. The third kappa shape index (κ3) is 1.81. The minimum Gasteiger partial charge on any atom is -0.376 e. The van der Waals surface area contributed by atoms with E-state index in [9.17, 15) is 13.6 Å². The molecule has 0 saturated carbocycles. The number of pyridine rings is 1. The Morgan fingerprint density at radius 3 is 2.48 bits per heavy atom. The molecule has 3 heterocycles. The molecule has 0 atom stereocenters. The van der Waals surface area contributed by atoms with Crippen molar-refractivity contribution in [2.24, 2.45) is 0 Å². The largest absolute Gasteiger partial charge is 0.376 e. The van der Waals surface area contributed by atoms with Crippen LogP contribution in [0.2, 0.25) is 0 Å². The zero-order valence-corrected chi connectivity index (χ0v) is 12.1. The Balaban J connectivity index is 2.23. The van der Waals surface area contributed by atoms with Gasteiger partial charge in [-0.25, -0.2) is 8.78 Å². The molecule has 1 N–H and O–H groups in total. The first kappa shape index (κ1) is 14.4. The number of aromatic nitrogens is 1. The molecule has 3 rings (SSSR count). The number of hydrogen-bond donors (Lipinski definition) is 1. The van der Waals surface area contributed by atoms with Gasteiger partial charge >= 0.3 is 0 Å². The van der Waals surface area contributed by atoms with Gasteiger partial charge in [0.15, 0.2) is 0 Å². The quantitative estimate of drug-likeness (QED) is 0.932. The molecule has 6 heteroatoms. The summed E-state index contributed by atoms with van der Waals surface area (Å²) in [5.41, 5.74) is -0.376. The first-order valence-electron chi connectivity index (χ1n) is 7.19. The highest BCUT2D eigenvalue weighted by Gasteiger charge is 2.55. The first-order valence-corrected chi connectivity index (χ1v) is 7.19. The molecule has 1 spiro atoms. The Kier molecular flexibility index (Phi) is 3.24. The highest BCUT2D eigenvalue weighted by atomic mass is 19.3. The van der Waals surface area contributed by atoms with Gasteiger partial charge in [-0.2, -0.15) is 0 Å². The van der Waals surface area contributed by atoms with Crippen LogP contribution in [-0.4, -0.2) is 24.1 Å². The SMILES string of the molecule is CCC1(CC)C(=O)NC2(COC2)c2ccc(C(F)F)nc21. The minimum absolute atomic E-state index is 0.137. The van der Waals surface area contributed by atoms with E-state index in [2.05, 4.69) is 10.3 Å². The van der Waals surface area contributed by atoms with E-state index in [1.165, 1.54) is 6.07 Å². The molecule has 1 saturated heterocycles. The molecule has 2 aliphatic heterocycles. The number of carbonyl (C=O) groups is 1. The van der Waals surface area contributed by atoms with E-state index in [-0.39, 0.29) is 11.6 Å². The second-order valence-electron chi connectivity index (χ2n) is 5.75. The summed E-state index contributed by atoms with van der Waals surface area (Å²) in [6.07, 6.45) is -1.59. The smallest absolute Gasteiger partial charge is 0.280 e. The van der Waals surface area contributed by atoms with Crippen molar-refractivity contribution in [3.05, 3.63) is 29.1 Å². The fourth-order valence-electron chi connectivity index (χ4n) is 3.30. The maximum absolute atomic E-state index is 13.0. The zero-order chi connectivity index (χ0) is 15.3. The fraction of sp³-hybridized carbons (Fsp3) is 0.600. The summed E-state index contributed by atoms with van der Waals surface area (Å²) in [6.45, 7) is 4.51. The van der Waals surface area contributed by atoms with Gasteiger partial charge in [0, 0.05) is 5.56 Å². The highest BCUT2D eigenvalue weighted by Crippen LogP contribution is 2.45. The maximum atomic E-state index is 13.0. The number of alkyl halides is 2. The molecule has 21 heavy (non-hydrogen) atoms. The van der Waals surface area contributed by atoms with Crippen LogP contribution in [-0.2, 0) is 20.5 Å². The maximum Gasteiger partial charge on any atom is 0.280 e. The van der Waals surface area contributed by atoms with E-state index < -0.39 is 17.4 Å². The van der Waals surface area contributed by atoms with Crippen molar-refractivity contribution >= 4 is 5.91 Å². The Bertz CT molecular complexity index is 581. The van der Waals surface area contributed by atoms with Crippen LogP contribution < -0.4 is 5.32 Å². The number of nitrogens with one attached hydrogen (secondary N) is 1. The summed E-state index contributed by atoms with van der Waals surface area (Å²) in [5.74, 6) is -0.137. The van der Waals surface area contributed by atoms with Gasteiger partial charge in [0.25, 0.3) is 6.43 Å². The lowest BCUT2D eigenvalue weighted by Crippen LogP contribution is -2.67. The monoisotopic (exact) mass is 296 g/mol. The molecule has 0 aliphatic carbocycles. The van der Waals surface area contributed by atoms with E-state index in [0.29, 0.717) is 31.7 Å². The summed E-state index contributed by atoms with van der Waals surface area (Å²) in [7, 11) is 0. The third-order valence-electron chi connectivity index (χ3n) is 4.80. The molecule has 114 valence electrons. The van der Waals surface area contributed by atoms with Gasteiger partial charge in [-0.05, 0) is 18.9 Å². The molecule has 1 amide bonds. The number of ether oxygens (including phenoxy) is 1. The van der Waals surface area contributed by atoms with Crippen molar-refractivity contribution in [3.8, 4) is 0 Å². The Labute approximate surface area is 121 Å². The van der Waals surface area contributed by atoms with Crippen LogP contribution in [0.25, 0.3) is 0 Å². The van der Waals surface area contributed by atoms with Gasteiger partial charge in [0.05, 0.1) is 24.3 Å². The van der Waals surface area contributed by atoms with Crippen LogP contribution in [0.1, 0.15) is 50.1 Å². The number of halogens is 2. The van der Waals surface area contributed by atoms with Gasteiger partial charge in [-0.1, -0.05) is 19.9 Å². The molecule has 1 fully saturated rings. The highest BCUT2D eigenvalue weighted by molar-refractivity contribution is 5.91. The number of carbonyl (C=O) groups excluding carboxylic acids is 1. The van der Waals surface area contributed by atoms with Gasteiger partial charge < -0.3 is 10.1 Å². The Morgan fingerprint density at radius 1 is 1.33 bits per heavy atom. The summed E-state index contributed by atoms with van der Waals surface area (Å²) in [5, 5.41) is 3.04. The van der Waals surface area contributed by atoms with Crippen LogP contribution in [0.15, 0.2) is 12.1 Å². The predicted octanol–water partition coefficient (Wildman–Crippen LogP) is 2.43. The van der Waals surface area contributed by atoms with Crippen LogP contribution in [0, 0.1) is 0 Å². The van der Waals surface area contributed by atoms with Crippen LogP contribution >= 0.6 is 0 Å². The summed E-state index contributed by atoms with van der Waals surface area (Å²) in [6, 6.07) is 3.02. The minimum atomic E-state index is -2.64. The molecule has 4 nitrogen and oxygen atoms in total. The standard InChI is InChI=1S/C15H18F2N2O2/c1-3-14(4-2)11-9(5-6-10(18-11)12(16)17)15(7-21-8-15)19-13(14)20/h5-6,12H,3-4,7-8H2,1-2H3,(H,19,20). The Hall–Kier alpha value is -1.56. The Morgan fingerprint density at radius 2 is 2.00 bits per heavy atom. The molecule has 0 unspecified atom stereocenters. The molecule has 0 bridgehead atoms. The summed E-state index contributed by atoms with van der Waals surface area (Å²) >= 11 is 0. The second-order valence-corrected chi connectivity index (χ2v) is 5.75. The van der Waals surface area contributed by atoms with Crippen molar-refractivity contribution in [2.75, 3.05) is 13.2 Å². The van der Waals surface area contributed by atoms with E-state index >= 15 is 0 Å². The average molecular weight is 296 g/mol. The van der Waals surface area contributed by atoms with Gasteiger partial charge in [0.1, 0.15) is 11.2 Å². The van der Waals surface area contributed by atoms with Gasteiger partial charge in [-0.15, -0.1) is 0 Å². The second kappa shape index (κ2) is 4.73. The van der Waals surface area contributed by atoms with Crippen LogP contribution in [0.4, 0.5) is 8.78 Å². The average Bonchev–Trinajstić information content (AvgIpc) is 2.44. The van der Waals surface area contributed by atoms with E-state index in [4.69, 9.17) is 4.74 Å². The molecule has 1 aromatic heterocycles. The van der Waals surface area contributed by atoms with Gasteiger partial charge in [-0.3, -0.25) is 9.78 Å². The topological polar surface area (TPSA) is 51.2 Å². The number of nitrogens with zero attached hydrogens (tertiary/aromatic N) is 1. The van der Waals surface area contributed by atoms with Crippen molar-refractivity contribution in [1.82, 2.24) is 10.3 Å². The first-order chi connectivity index (χ1) is 9.99. The lowest BCUT2D eigenvalue weighted by atomic mass is 9.68. The van der Waals surface area contributed by atoms with E-state index in [1.54, 1.807) is 6.07 Å². The van der Waals surface area contributed by atoms with Crippen LogP contribution in [0.3, 0.4) is 0 Å². The molecule has 0 aromatic carbocycles. The van der Waals surface area contributed by atoms with Crippen molar-refractivity contribution in [2.45, 2.75) is 44.1 Å². The van der Waals surface area contributed by atoms with Gasteiger partial charge in [0.2, 0.25) is 5.91 Å². The van der Waals surface area contributed by atoms with Crippen LogP contribution in [0.5, 0.6) is 0 Å². The molecule has 1 aromatic rings. The van der Waals surface area contributed by atoms with Crippen molar-refractivity contribution < 1.29 is 18.3 Å². The normalized spacial score (nSPS) is 21.9. The number of amides is 1. The lowest BCUT2D eigenvalue weighted by molar-refractivity contribution is -0.143. The summed E-state index contributed by atoms with van der Waals surface area (Å²) in [4.78, 5) is 16.8. The fourth-order valence-corrected chi connectivity index (χ4v) is 3.30. The van der Waals surface area contributed by atoms with Crippen molar-refractivity contribution in [1.29, 1.82) is 0 Å². The molecular weight excluding hydrogens is 278 g/mol. The molecule has 2 aliphatic rings. The molecular formula is C15H18F2N2O2. The third-order valence-corrected chi connectivity index (χ3v) is 4.80. The van der Waals surface area contributed by atoms with E-state index in [0.717, 1.165) is 5.56 Å². The van der Waals surface area contributed by atoms with E-state index in [1.807, 2.05) is 13.8 Å². The zero-order valence-electron chi connectivity index (χ0n) is 12.1. The lowest BCUT2D eigenvalue weighted by Gasteiger charge is -2.50. The predicted molar refractivity (Wildman–Crippen MR) is 72.1 cm³/mol. The number of fused-ring (bicyclic) bond motifs is 2. The number of hydrogen-bond acceptors (Lipinski definition) is 3. The van der Waals surface area contributed by atoms with Crippen molar-refractivity contribution in [3.63, 3.8) is 0 Å². The summed E-state index contributed by atoms with van der Waals surface area (Å²) < 4.78 is 31.2. The number of rotatable bonds is 3.